The minimum atomic E-state index is -0.0923. The molecule has 0 saturated carbocycles. The number of para-hydroxylation sites is 1. The Morgan fingerprint density at radius 2 is 1.92 bits per heavy atom. The number of rotatable bonds is 4. The third-order valence-corrected chi connectivity index (χ3v) is 5.46. The number of aryl methyl sites for hydroxylation is 1. The van der Waals surface area contributed by atoms with E-state index in [1.54, 1.807) is 0 Å². The first-order valence-corrected chi connectivity index (χ1v) is 9.36. The molecule has 1 aromatic heterocycles. The molecule has 0 atom stereocenters. The number of likely N-dealkylation sites (tertiary alicyclic amines) is 1. The number of aromatic nitrogens is 1. The largest absolute Gasteiger partial charge is 0.393 e. The molecular formula is C20H27N3O. The van der Waals surface area contributed by atoms with Gasteiger partial charge in [-0.05, 0) is 50.2 Å². The average Bonchev–Trinajstić information content (AvgIpc) is 2.63. The molecule has 1 aliphatic heterocycles. The fourth-order valence-corrected chi connectivity index (χ4v) is 4.06. The number of benzene rings is 1. The first kappa shape index (κ1) is 15.9. The topological polar surface area (TPSA) is 48.4 Å². The van der Waals surface area contributed by atoms with Crippen LogP contribution in [0.25, 0.3) is 10.9 Å². The van der Waals surface area contributed by atoms with Crippen LogP contribution in [0.4, 0.5) is 5.69 Å². The highest BCUT2D eigenvalue weighted by Gasteiger charge is 2.19. The van der Waals surface area contributed by atoms with Crippen molar-refractivity contribution in [2.75, 3.05) is 31.5 Å². The lowest BCUT2D eigenvalue weighted by molar-refractivity contribution is 0.0845. The number of aliphatic hydroxyl groups excluding tert-OH is 1. The molecule has 1 fully saturated rings. The molecule has 0 spiro atoms. The maximum atomic E-state index is 9.63. The molecule has 1 aliphatic carbocycles. The van der Waals surface area contributed by atoms with Gasteiger partial charge in [0.25, 0.3) is 0 Å². The Morgan fingerprint density at radius 3 is 2.79 bits per heavy atom. The lowest BCUT2D eigenvalue weighted by Gasteiger charge is -2.30. The molecular weight excluding hydrogens is 298 g/mol. The second kappa shape index (κ2) is 7.08. The average molecular weight is 325 g/mol. The van der Waals surface area contributed by atoms with Crippen LogP contribution in [0.1, 0.15) is 36.9 Å². The van der Waals surface area contributed by atoms with Crippen LogP contribution in [0.2, 0.25) is 0 Å². The van der Waals surface area contributed by atoms with E-state index in [9.17, 15) is 5.11 Å². The van der Waals surface area contributed by atoms with Gasteiger partial charge in [0.15, 0.2) is 0 Å². The van der Waals surface area contributed by atoms with Gasteiger partial charge in [-0.15, -0.1) is 0 Å². The summed E-state index contributed by atoms with van der Waals surface area (Å²) in [7, 11) is 0. The van der Waals surface area contributed by atoms with E-state index in [1.165, 1.54) is 35.2 Å². The molecule has 4 rings (SSSR count). The highest BCUT2D eigenvalue weighted by Crippen LogP contribution is 2.33. The molecule has 0 radical (unpaired) electrons. The SMILES string of the molecule is OC1CCN(CCNc2c3c(nc4ccccc24)CCCC3)CC1. The molecule has 2 aromatic rings. The van der Waals surface area contributed by atoms with Crippen LogP contribution in [0.5, 0.6) is 0 Å². The van der Waals surface area contributed by atoms with Crippen LogP contribution in [0.15, 0.2) is 24.3 Å². The zero-order chi connectivity index (χ0) is 16.4. The normalized spacial score (nSPS) is 19.4. The van der Waals surface area contributed by atoms with Crippen LogP contribution in [-0.4, -0.2) is 47.3 Å². The first-order chi connectivity index (χ1) is 11.8. The summed E-state index contributed by atoms with van der Waals surface area (Å²) in [5.41, 5.74) is 5.16. The molecule has 4 nitrogen and oxygen atoms in total. The maximum Gasteiger partial charge on any atom is 0.0726 e. The summed E-state index contributed by atoms with van der Waals surface area (Å²) in [6, 6.07) is 8.50. The third-order valence-electron chi connectivity index (χ3n) is 5.46. The molecule has 1 aromatic carbocycles. The van der Waals surface area contributed by atoms with E-state index < -0.39 is 0 Å². The monoisotopic (exact) mass is 325 g/mol. The Kier molecular flexibility index (Phi) is 4.67. The second-order valence-electron chi connectivity index (χ2n) is 7.14. The highest BCUT2D eigenvalue weighted by molar-refractivity contribution is 5.93. The summed E-state index contributed by atoms with van der Waals surface area (Å²) in [6.07, 6.45) is 6.51. The van der Waals surface area contributed by atoms with Crippen molar-refractivity contribution in [3.05, 3.63) is 35.5 Å². The number of nitrogens with one attached hydrogen (secondary N) is 1. The van der Waals surface area contributed by atoms with Crippen molar-refractivity contribution in [3.8, 4) is 0 Å². The van der Waals surface area contributed by atoms with E-state index in [4.69, 9.17) is 4.98 Å². The number of piperidine rings is 1. The highest BCUT2D eigenvalue weighted by atomic mass is 16.3. The number of anilines is 1. The Hall–Kier alpha value is -1.65. The summed E-state index contributed by atoms with van der Waals surface area (Å²) in [5, 5.41) is 14.6. The van der Waals surface area contributed by atoms with Gasteiger partial charge < -0.3 is 15.3 Å². The van der Waals surface area contributed by atoms with Crippen molar-refractivity contribution in [1.29, 1.82) is 0 Å². The molecule has 2 heterocycles. The van der Waals surface area contributed by atoms with E-state index in [-0.39, 0.29) is 6.10 Å². The Bertz CT molecular complexity index is 707. The van der Waals surface area contributed by atoms with Gasteiger partial charge in [-0.25, -0.2) is 0 Å². The van der Waals surface area contributed by atoms with Crippen molar-refractivity contribution in [3.63, 3.8) is 0 Å². The molecule has 1 saturated heterocycles. The maximum absolute atomic E-state index is 9.63. The molecule has 0 unspecified atom stereocenters. The van der Waals surface area contributed by atoms with Crippen molar-refractivity contribution >= 4 is 16.6 Å². The molecule has 2 aliphatic rings. The molecule has 0 amide bonds. The van der Waals surface area contributed by atoms with Crippen LogP contribution in [-0.2, 0) is 12.8 Å². The summed E-state index contributed by atoms with van der Waals surface area (Å²) >= 11 is 0. The van der Waals surface area contributed by atoms with Crippen LogP contribution in [0, 0.1) is 0 Å². The minimum absolute atomic E-state index is 0.0923. The number of nitrogens with zero attached hydrogens (tertiary/aromatic N) is 2. The summed E-state index contributed by atoms with van der Waals surface area (Å²) in [5.74, 6) is 0. The molecule has 4 heteroatoms. The van der Waals surface area contributed by atoms with Gasteiger partial charge in [0.1, 0.15) is 0 Å². The predicted molar refractivity (Wildman–Crippen MR) is 98.6 cm³/mol. The fraction of sp³-hybridized carbons (Fsp3) is 0.550. The third kappa shape index (κ3) is 3.26. The quantitative estimate of drug-likeness (QED) is 0.907. The zero-order valence-electron chi connectivity index (χ0n) is 14.3. The second-order valence-corrected chi connectivity index (χ2v) is 7.14. The Morgan fingerprint density at radius 1 is 1.12 bits per heavy atom. The van der Waals surface area contributed by atoms with Gasteiger partial charge in [-0.1, -0.05) is 18.2 Å². The van der Waals surface area contributed by atoms with Gasteiger partial charge in [0.2, 0.25) is 0 Å². The summed E-state index contributed by atoms with van der Waals surface area (Å²) in [6.45, 7) is 4.02. The summed E-state index contributed by atoms with van der Waals surface area (Å²) in [4.78, 5) is 7.36. The number of aliphatic hydroxyl groups is 1. The van der Waals surface area contributed by atoms with Crippen LogP contribution < -0.4 is 5.32 Å². The van der Waals surface area contributed by atoms with Gasteiger partial charge in [0.05, 0.1) is 11.6 Å². The van der Waals surface area contributed by atoms with E-state index in [0.717, 1.165) is 57.4 Å². The van der Waals surface area contributed by atoms with E-state index in [1.807, 2.05) is 0 Å². The van der Waals surface area contributed by atoms with E-state index >= 15 is 0 Å². The van der Waals surface area contributed by atoms with E-state index in [0.29, 0.717) is 0 Å². The van der Waals surface area contributed by atoms with Crippen molar-refractivity contribution in [1.82, 2.24) is 9.88 Å². The summed E-state index contributed by atoms with van der Waals surface area (Å²) < 4.78 is 0. The number of pyridine rings is 1. The van der Waals surface area contributed by atoms with Gasteiger partial charge in [-0.2, -0.15) is 0 Å². The van der Waals surface area contributed by atoms with Gasteiger partial charge in [0, 0.05) is 42.9 Å². The van der Waals surface area contributed by atoms with Gasteiger partial charge >= 0.3 is 0 Å². The van der Waals surface area contributed by atoms with Gasteiger partial charge in [-0.3, -0.25) is 4.98 Å². The van der Waals surface area contributed by atoms with Crippen molar-refractivity contribution in [2.45, 2.75) is 44.6 Å². The van der Waals surface area contributed by atoms with Crippen LogP contribution >= 0.6 is 0 Å². The Labute approximate surface area is 143 Å². The lowest BCUT2D eigenvalue weighted by Crippen LogP contribution is -2.38. The van der Waals surface area contributed by atoms with E-state index in [2.05, 4.69) is 34.5 Å². The molecule has 0 bridgehead atoms. The Balaban J connectivity index is 1.52. The zero-order valence-corrected chi connectivity index (χ0v) is 14.3. The van der Waals surface area contributed by atoms with Crippen molar-refractivity contribution in [2.24, 2.45) is 0 Å². The lowest BCUT2D eigenvalue weighted by atomic mass is 9.92. The number of hydrogen-bond donors (Lipinski definition) is 2. The van der Waals surface area contributed by atoms with Crippen LogP contribution in [0.3, 0.4) is 0 Å². The standard InChI is InChI=1S/C20H27N3O/c24-15-9-12-23(13-10-15)14-11-21-20-16-5-1-3-7-18(16)22-19-8-4-2-6-17(19)20/h1,3,5,7,15,24H,2,4,6,8-14H2,(H,21,22). The predicted octanol–water partition coefficient (Wildman–Crippen LogP) is 2.98. The molecule has 24 heavy (non-hydrogen) atoms. The smallest absolute Gasteiger partial charge is 0.0726 e. The molecule has 128 valence electrons. The number of hydrogen-bond acceptors (Lipinski definition) is 4. The fourth-order valence-electron chi connectivity index (χ4n) is 4.06. The number of fused-ring (bicyclic) bond motifs is 2. The minimum Gasteiger partial charge on any atom is -0.393 e. The first-order valence-electron chi connectivity index (χ1n) is 9.36. The molecule has 2 N–H and O–H groups in total. The van der Waals surface area contributed by atoms with Crippen molar-refractivity contribution < 1.29 is 5.11 Å².